The Morgan fingerprint density at radius 1 is 1.45 bits per heavy atom. The summed E-state index contributed by atoms with van der Waals surface area (Å²) in [5, 5.41) is 11.7. The predicted octanol–water partition coefficient (Wildman–Crippen LogP) is 4.67. The lowest BCUT2D eigenvalue weighted by Crippen LogP contribution is -2.22. The molecule has 3 unspecified atom stereocenters. The van der Waals surface area contributed by atoms with Crippen LogP contribution in [0, 0.1) is 22.5 Å². The molecule has 0 radical (unpaired) electrons. The molecule has 20 heavy (non-hydrogen) atoms. The summed E-state index contributed by atoms with van der Waals surface area (Å²) in [7, 11) is 0. The van der Waals surface area contributed by atoms with Crippen molar-refractivity contribution in [1.82, 2.24) is 14.8 Å². The third kappa shape index (κ3) is 1.91. The van der Waals surface area contributed by atoms with E-state index in [1.165, 1.54) is 31.2 Å². The smallest absolute Gasteiger partial charge is 0.195 e. The van der Waals surface area contributed by atoms with Gasteiger partial charge in [0.05, 0.1) is 0 Å². The van der Waals surface area contributed by atoms with Gasteiger partial charge in [-0.2, -0.15) is 16.4 Å². The largest absolute Gasteiger partial charge is 0.297 e. The van der Waals surface area contributed by atoms with Crippen molar-refractivity contribution in [2.75, 3.05) is 0 Å². The van der Waals surface area contributed by atoms with Gasteiger partial charge in [-0.3, -0.25) is 9.67 Å². The van der Waals surface area contributed by atoms with Crippen LogP contribution in [0.2, 0.25) is 0 Å². The zero-order chi connectivity index (χ0) is 13.7. The van der Waals surface area contributed by atoms with E-state index >= 15 is 0 Å². The number of hydrogen-bond donors (Lipinski definition) is 1. The van der Waals surface area contributed by atoms with Gasteiger partial charge in [-0.05, 0) is 67.6 Å². The third-order valence-corrected chi connectivity index (χ3v) is 6.27. The van der Waals surface area contributed by atoms with Gasteiger partial charge < -0.3 is 0 Å². The second-order valence-corrected chi connectivity index (χ2v) is 7.48. The number of fused-ring (bicyclic) bond motifs is 2. The predicted molar refractivity (Wildman–Crippen MR) is 84.4 cm³/mol. The summed E-state index contributed by atoms with van der Waals surface area (Å²) < 4.78 is 3.02. The zero-order valence-electron chi connectivity index (χ0n) is 11.6. The van der Waals surface area contributed by atoms with Crippen molar-refractivity contribution >= 4 is 23.6 Å². The van der Waals surface area contributed by atoms with E-state index in [1.807, 2.05) is 0 Å². The molecular weight excluding hydrogens is 286 g/mol. The van der Waals surface area contributed by atoms with E-state index < -0.39 is 0 Å². The summed E-state index contributed by atoms with van der Waals surface area (Å²) in [5.41, 5.74) is 1.18. The van der Waals surface area contributed by atoms with Crippen LogP contribution < -0.4 is 0 Å². The fourth-order valence-electron chi connectivity index (χ4n) is 4.35. The van der Waals surface area contributed by atoms with Gasteiger partial charge >= 0.3 is 0 Å². The molecule has 0 aromatic carbocycles. The molecule has 106 valence electrons. The summed E-state index contributed by atoms with van der Waals surface area (Å²) >= 11 is 7.20. The molecule has 0 amide bonds. The van der Waals surface area contributed by atoms with Crippen molar-refractivity contribution in [2.45, 2.75) is 38.6 Å². The summed E-state index contributed by atoms with van der Waals surface area (Å²) in [4.78, 5) is 0. The van der Waals surface area contributed by atoms with Crippen LogP contribution in [0.25, 0.3) is 11.4 Å². The summed E-state index contributed by atoms with van der Waals surface area (Å²) in [6.45, 7) is 2.33. The second kappa shape index (κ2) is 4.81. The molecule has 4 rings (SSSR count). The van der Waals surface area contributed by atoms with Gasteiger partial charge in [-0.1, -0.05) is 6.42 Å². The second-order valence-electron chi connectivity index (χ2n) is 6.31. The van der Waals surface area contributed by atoms with Crippen LogP contribution in [0.5, 0.6) is 0 Å². The Morgan fingerprint density at radius 2 is 2.35 bits per heavy atom. The number of rotatable bonds is 3. The first kappa shape index (κ1) is 12.8. The van der Waals surface area contributed by atoms with E-state index in [1.54, 1.807) is 11.3 Å². The monoisotopic (exact) mass is 305 g/mol. The highest BCUT2D eigenvalue weighted by Gasteiger charge is 2.42. The van der Waals surface area contributed by atoms with Crippen LogP contribution in [0.3, 0.4) is 0 Å². The highest BCUT2D eigenvalue weighted by Crippen LogP contribution is 2.52. The number of nitrogens with zero attached hydrogens (tertiary/aromatic N) is 2. The van der Waals surface area contributed by atoms with E-state index in [4.69, 9.17) is 12.2 Å². The van der Waals surface area contributed by atoms with Gasteiger partial charge in [0.1, 0.15) is 0 Å². The maximum atomic E-state index is 5.49. The van der Waals surface area contributed by atoms with Crippen LogP contribution in [-0.2, 0) is 0 Å². The van der Waals surface area contributed by atoms with Crippen LogP contribution in [0.1, 0.15) is 38.6 Å². The standard InChI is InChI=1S/C15H19N3S2/c1-9(13-7-10-2-3-11(13)6-10)18-14(16-17-15(18)19)12-4-5-20-8-12/h4-5,8-11,13H,2-3,6-7H2,1H3,(H,17,19)/t9-,10?,11?,13?/m0/s1. The summed E-state index contributed by atoms with van der Waals surface area (Å²) in [6, 6.07) is 2.58. The topological polar surface area (TPSA) is 33.6 Å². The minimum atomic E-state index is 0.450. The van der Waals surface area contributed by atoms with Crippen molar-refractivity contribution in [3.05, 3.63) is 21.6 Å². The molecular formula is C15H19N3S2. The van der Waals surface area contributed by atoms with E-state index in [9.17, 15) is 0 Å². The number of thiophene rings is 1. The molecule has 2 aliphatic carbocycles. The van der Waals surface area contributed by atoms with Gasteiger partial charge in [0.2, 0.25) is 0 Å². The van der Waals surface area contributed by atoms with Crippen molar-refractivity contribution < 1.29 is 0 Å². The van der Waals surface area contributed by atoms with Crippen LogP contribution >= 0.6 is 23.6 Å². The Balaban J connectivity index is 1.71. The maximum Gasteiger partial charge on any atom is 0.195 e. The molecule has 1 N–H and O–H groups in total. The Bertz CT molecular complexity index is 655. The fourth-order valence-corrected chi connectivity index (χ4v) is 5.29. The van der Waals surface area contributed by atoms with Crippen molar-refractivity contribution in [3.8, 4) is 11.4 Å². The first-order valence-corrected chi connectivity index (χ1v) is 8.78. The quantitative estimate of drug-likeness (QED) is 0.836. The van der Waals surface area contributed by atoms with Crippen molar-refractivity contribution in [1.29, 1.82) is 0 Å². The van der Waals surface area contributed by atoms with Crippen molar-refractivity contribution in [3.63, 3.8) is 0 Å². The first-order chi connectivity index (χ1) is 9.74. The van der Waals surface area contributed by atoms with Crippen LogP contribution in [0.15, 0.2) is 16.8 Å². The van der Waals surface area contributed by atoms with Crippen LogP contribution in [-0.4, -0.2) is 14.8 Å². The molecule has 2 bridgehead atoms. The lowest BCUT2D eigenvalue weighted by atomic mass is 9.84. The Kier molecular flexibility index (Phi) is 3.07. The first-order valence-electron chi connectivity index (χ1n) is 7.43. The third-order valence-electron chi connectivity index (χ3n) is 5.30. The average Bonchev–Trinajstić information content (AvgIpc) is 3.21. The highest BCUT2D eigenvalue weighted by atomic mass is 32.1. The molecule has 2 saturated carbocycles. The Hall–Kier alpha value is -0.940. The normalized spacial score (nSPS) is 29.9. The molecule has 3 nitrogen and oxygen atoms in total. The van der Waals surface area contributed by atoms with Crippen molar-refractivity contribution in [2.24, 2.45) is 17.8 Å². The molecule has 2 aromatic rings. The molecule has 2 aromatic heterocycles. The minimum absolute atomic E-state index is 0.450. The lowest BCUT2D eigenvalue weighted by molar-refractivity contribution is 0.242. The SMILES string of the molecule is C[C@@H](C1CC2CCC1C2)n1c(-c2ccsc2)n[nH]c1=S. The minimum Gasteiger partial charge on any atom is -0.297 e. The molecule has 0 aliphatic heterocycles. The van der Waals surface area contributed by atoms with Crippen LogP contribution in [0.4, 0.5) is 0 Å². The Morgan fingerprint density at radius 3 is 3.00 bits per heavy atom. The Labute approximate surface area is 128 Å². The lowest BCUT2D eigenvalue weighted by Gasteiger charge is -2.29. The van der Waals surface area contributed by atoms with E-state index in [2.05, 4.69) is 38.5 Å². The van der Waals surface area contributed by atoms with Gasteiger partial charge in [0, 0.05) is 17.0 Å². The van der Waals surface area contributed by atoms with Gasteiger partial charge in [0.25, 0.3) is 0 Å². The summed E-state index contributed by atoms with van der Waals surface area (Å²) in [6.07, 6.45) is 5.68. The number of aromatic nitrogens is 3. The average molecular weight is 305 g/mol. The molecule has 2 fully saturated rings. The highest BCUT2D eigenvalue weighted by molar-refractivity contribution is 7.71. The number of hydrogen-bond acceptors (Lipinski definition) is 3. The molecule has 4 atom stereocenters. The number of nitrogens with one attached hydrogen (secondary N) is 1. The summed E-state index contributed by atoms with van der Waals surface area (Å²) in [5.74, 6) is 3.65. The zero-order valence-corrected chi connectivity index (χ0v) is 13.2. The molecule has 2 heterocycles. The molecule has 0 saturated heterocycles. The molecule has 5 heteroatoms. The van der Waals surface area contributed by atoms with E-state index in [0.717, 1.165) is 28.3 Å². The van der Waals surface area contributed by atoms with Gasteiger partial charge in [0.15, 0.2) is 10.6 Å². The number of aromatic amines is 1. The van der Waals surface area contributed by atoms with E-state index in [-0.39, 0.29) is 0 Å². The molecule has 2 aliphatic rings. The fraction of sp³-hybridized carbons (Fsp3) is 0.600. The van der Waals surface area contributed by atoms with E-state index in [0.29, 0.717) is 6.04 Å². The van der Waals surface area contributed by atoms with Gasteiger partial charge in [-0.15, -0.1) is 0 Å². The van der Waals surface area contributed by atoms with Gasteiger partial charge in [-0.25, -0.2) is 0 Å². The number of H-pyrrole nitrogens is 1. The maximum absolute atomic E-state index is 5.49. The molecule has 0 spiro atoms.